The second-order valence-electron chi connectivity index (χ2n) is 5.26. The Balaban J connectivity index is 1.80. The minimum absolute atomic E-state index is 0.00174. The number of aliphatic hydroxyl groups excluding tert-OH is 3. The fourth-order valence-corrected chi connectivity index (χ4v) is 2.14. The van der Waals surface area contributed by atoms with Crippen LogP contribution in [0, 0.1) is 5.41 Å². The predicted molar refractivity (Wildman–Crippen MR) is 62.3 cm³/mol. The molecule has 2 rings (SSSR count). The summed E-state index contributed by atoms with van der Waals surface area (Å²) in [5.74, 6) is -0.941. The zero-order chi connectivity index (χ0) is 14.0. The quantitative estimate of drug-likeness (QED) is 0.521. The molecule has 3 N–H and O–H groups in total. The number of rotatable bonds is 5. The lowest BCUT2D eigenvalue weighted by atomic mass is 9.84. The second kappa shape index (κ2) is 5.72. The molecule has 0 aliphatic carbocycles. The molecule has 0 aromatic rings. The third kappa shape index (κ3) is 2.90. The van der Waals surface area contributed by atoms with Crippen LogP contribution >= 0.6 is 0 Å². The summed E-state index contributed by atoms with van der Waals surface area (Å²) in [5.41, 5.74) is 0.00174. The van der Waals surface area contributed by atoms with Crippen molar-refractivity contribution in [1.29, 1.82) is 0 Å². The van der Waals surface area contributed by atoms with Crippen LogP contribution in [-0.2, 0) is 19.0 Å². The first-order valence-electron chi connectivity index (χ1n) is 6.39. The van der Waals surface area contributed by atoms with E-state index in [1.54, 1.807) is 0 Å². The first kappa shape index (κ1) is 14.7. The van der Waals surface area contributed by atoms with Gasteiger partial charge in [-0.2, -0.15) is 0 Å². The van der Waals surface area contributed by atoms with Crippen LogP contribution in [0.2, 0.25) is 0 Å². The van der Waals surface area contributed by atoms with E-state index in [0.29, 0.717) is 19.8 Å². The molecular weight excluding hydrogens is 256 g/mol. The van der Waals surface area contributed by atoms with Gasteiger partial charge >= 0.3 is 5.97 Å². The highest BCUT2D eigenvalue weighted by Gasteiger charge is 2.44. The molecule has 4 unspecified atom stereocenters. The van der Waals surface area contributed by atoms with Gasteiger partial charge in [0.15, 0.2) is 12.2 Å². The van der Waals surface area contributed by atoms with Crippen LogP contribution < -0.4 is 0 Å². The Labute approximate surface area is 111 Å². The van der Waals surface area contributed by atoms with Gasteiger partial charge in [-0.05, 0) is 6.42 Å². The summed E-state index contributed by atoms with van der Waals surface area (Å²) in [4.78, 5) is 11.2. The summed E-state index contributed by atoms with van der Waals surface area (Å²) in [6.45, 7) is 3.75. The van der Waals surface area contributed by atoms with Crippen molar-refractivity contribution in [3.05, 3.63) is 0 Å². The topological polar surface area (TPSA) is 105 Å². The predicted octanol–water partition coefficient (Wildman–Crippen LogP) is -1.56. The zero-order valence-electron chi connectivity index (χ0n) is 10.8. The van der Waals surface area contributed by atoms with E-state index in [4.69, 9.17) is 14.2 Å². The van der Waals surface area contributed by atoms with Gasteiger partial charge in [-0.25, -0.2) is 4.79 Å². The maximum Gasteiger partial charge on any atom is 0.338 e. The number of cyclic esters (lactones) is 1. The molecule has 0 amide bonds. The molecule has 110 valence electrons. The summed E-state index contributed by atoms with van der Waals surface area (Å²) in [6, 6.07) is 0. The van der Waals surface area contributed by atoms with Crippen LogP contribution in [0.15, 0.2) is 0 Å². The van der Waals surface area contributed by atoms with Crippen molar-refractivity contribution in [2.45, 2.75) is 37.8 Å². The third-order valence-electron chi connectivity index (χ3n) is 3.82. The van der Waals surface area contributed by atoms with Gasteiger partial charge in [0.2, 0.25) is 0 Å². The Morgan fingerprint density at radius 2 is 2.00 bits per heavy atom. The lowest BCUT2D eigenvalue weighted by Crippen LogP contribution is -2.57. The average molecular weight is 276 g/mol. The van der Waals surface area contributed by atoms with Gasteiger partial charge in [-0.15, -0.1) is 0 Å². The van der Waals surface area contributed by atoms with Crippen molar-refractivity contribution in [1.82, 2.24) is 0 Å². The fraction of sp³-hybridized carbons (Fsp3) is 0.917. The van der Waals surface area contributed by atoms with Crippen LogP contribution in [0.5, 0.6) is 0 Å². The summed E-state index contributed by atoms with van der Waals surface area (Å²) in [5, 5.41) is 28.4. The van der Waals surface area contributed by atoms with Crippen LogP contribution in [0.25, 0.3) is 0 Å². The molecule has 2 aliphatic heterocycles. The molecule has 19 heavy (non-hydrogen) atoms. The lowest BCUT2D eigenvalue weighted by Gasteiger charge is -2.41. The largest absolute Gasteiger partial charge is 0.455 e. The van der Waals surface area contributed by atoms with Gasteiger partial charge in [0.05, 0.1) is 26.4 Å². The van der Waals surface area contributed by atoms with E-state index in [0.717, 1.165) is 6.42 Å². The highest BCUT2D eigenvalue weighted by molar-refractivity contribution is 5.76. The molecule has 2 fully saturated rings. The number of ether oxygens (including phenoxy) is 3. The van der Waals surface area contributed by atoms with E-state index in [-0.39, 0.29) is 12.0 Å². The van der Waals surface area contributed by atoms with Gasteiger partial charge < -0.3 is 29.5 Å². The highest BCUT2D eigenvalue weighted by Crippen LogP contribution is 2.31. The molecule has 4 atom stereocenters. The third-order valence-corrected chi connectivity index (χ3v) is 3.82. The molecule has 0 saturated carbocycles. The molecule has 0 radical (unpaired) electrons. The van der Waals surface area contributed by atoms with E-state index in [1.807, 2.05) is 6.92 Å². The normalized spacial score (nSPS) is 37.6. The Hall–Kier alpha value is -0.730. The zero-order valence-corrected chi connectivity index (χ0v) is 10.8. The summed E-state index contributed by atoms with van der Waals surface area (Å²) >= 11 is 0. The number of aliphatic hydroxyl groups is 3. The fourth-order valence-electron chi connectivity index (χ4n) is 2.14. The van der Waals surface area contributed by atoms with Crippen molar-refractivity contribution in [2.75, 3.05) is 26.4 Å². The summed E-state index contributed by atoms with van der Waals surface area (Å²) in [6.07, 6.45) is -4.62. The van der Waals surface area contributed by atoms with E-state index < -0.39 is 30.4 Å². The summed E-state index contributed by atoms with van der Waals surface area (Å²) < 4.78 is 15.4. The SMILES string of the molecule is CCC1(COCC2OC(=O)C(O)C(O)C2O)COC1. The van der Waals surface area contributed by atoms with Crippen LogP contribution in [0.3, 0.4) is 0 Å². The van der Waals surface area contributed by atoms with Crippen LogP contribution in [0.1, 0.15) is 13.3 Å². The number of hydrogen-bond donors (Lipinski definition) is 3. The van der Waals surface area contributed by atoms with E-state index in [1.165, 1.54) is 0 Å². The van der Waals surface area contributed by atoms with Gasteiger partial charge in [-0.3, -0.25) is 0 Å². The molecule has 2 aliphatic rings. The summed E-state index contributed by atoms with van der Waals surface area (Å²) in [7, 11) is 0. The first-order chi connectivity index (χ1) is 8.99. The van der Waals surface area contributed by atoms with Crippen molar-refractivity contribution < 1.29 is 34.3 Å². The van der Waals surface area contributed by atoms with Crippen molar-refractivity contribution in [2.24, 2.45) is 5.41 Å². The Kier molecular flexibility index (Phi) is 4.42. The van der Waals surface area contributed by atoms with E-state index >= 15 is 0 Å². The number of hydrogen-bond acceptors (Lipinski definition) is 7. The van der Waals surface area contributed by atoms with E-state index in [2.05, 4.69) is 0 Å². The van der Waals surface area contributed by atoms with Crippen LogP contribution in [0.4, 0.5) is 0 Å². The lowest BCUT2D eigenvalue weighted by molar-refractivity contribution is -0.214. The molecular formula is C12H20O7. The van der Waals surface area contributed by atoms with Gasteiger partial charge in [0.25, 0.3) is 0 Å². The Morgan fingerprint density at radius 3 is 2.53 bits per heavy atom. The molecule has 0 aromatic heterocycles. The minimum Gasteiger partial charge on any atom is -0.455 e. The Bertz CT molecular complexity index is 323. The molecule has 7 heteroatoms. The average Bonchev–Trinajstić information content (AvgIpc) is 2.36. The standard InChI is InChI=1S/C12H20O7/c1-2-12(5-18-6-12)4-17-3-7-8(13)9(14)10(15)11(16)19-7/h7-10,13-15H,2-6H2,1H3. The first-order valence-corrected chi connectivity index (χ1v) is 6.39. The van der Waals surface area contributed by atoms with Gasteiger partial charge in [0, 0.05) is 5.41 Å². The maximum absolute atomic E-state index is 11.2. The Morgan fingerprint density at radius 1 is 1.32 bits per heavy atom. The van der Waals surface area contributed by atoms with Crippen LogP contribution in [-0.4, -0.2) is 72.1 Å². The number of carbonyl (C=O) groups is 1. The van der Waals surface area contributed by atoms with Crippen molar-refractivity contribution >= 4 is 5.97 Å². The molecule has 0 aromatic carbocycles. The molecule has 2 heterocycles. The second-order valence-corrected chi connectivity index (χ2v) is 5.26. The molecule has 0 bridgehead atoms. The van der Waals surface area contributed by atoms with Crippen molar-refractivity contribution in [3.8, 4) is 0 Å². The number of carbonyl (C=O) groups excluding carboxylic acids is 1. The van der Waals surface area contributed by atoms with Gasteiger partial charge in [0.1, 0.15) is 12.2 Å². The highest BCUT2D eigenvalue weighted by atomic mass is 16.6. The monoisotopic (exact) mass is 276 g/mol. The minimum atomic E-state index is -1.70. The molecule has 2 saturated heterocycles. The maximum atomic E-state index is 11.2. The molecule has 0 spiro atoms. The van der Waals surface area contributed by atoms with Gasteiger partial charge in [-0.1, -0.05) is 6.92 Å². The van der Waals surface area contributed by atoms with E-state index in [9.17, 15) is 20.1 Å². The number of esters is 1. The smallest absolute Gasteiger partial charge is 0.338 e. The molecule has 7 nitrogen and oxygen atoms in total. The van der Waals surface area contributed by atoms with Crippen molar-refractivity contribution in [3.63, 3.8) is 0 Å².